The van der Waals surface area contributed by atoms with Crippen molar-refractivity contribution in [3.05, 3.63) is 65.9 Å². The molecule has 0 radical (unpaired) electrons. The Hall–Kier alpha value is -2.49. The summed E-state index contributed by atoms with van der Waals surface area (Å²) in [5, 5.41) is 12.4. The first-order chi connectivity index (χ1) is 12.3. The van der Waals surface area contributed by atoms with Gasteiger partial charge in [0.15, 0.2) is 5.69 Å². The van der Waals surface area contributed by atoms with E-state index in [1.54, 1.807) is 29.2 Å². The lowest BCUT2D eigenvalue weighted by Crippen LogP contribution is -2.11. The molecule has 0 aliphatic heterocycles. The van der Waals surface area contributed by atoms with Gasteiger partial charge in [-0.05, 0) is 37.3 Å². The van der Waals surface area contributed by atoms with Gasteiger partial charge < -0.3 is 5.21 Å². The molecule has 0 aliphatic rings. The highest BCUT2D eigenvalue weighted by molar-refractivity contribution is 7.82. The molecule has 0 fully saturated rings. The largest absolute Gasteiger partial charge is 0.435 e. The van der Waals surface area contributed by atoms with Crippen LogP contribution in [0.2, 0.25) is 0 Å². The number of hydrogen-bond acceptors (Lipinski definition) is 3. The molecular weight excluding hydrogens is 367 g/mol. The normalized spacial score (nSPS) is 13.0. The highest BCUT2D eigenvalue weighted by Gasteiger charge is 2.35. The molecule has 0 saturated carbocycles. The lowest BCUT2D eigenvalue weighted by Gasteiger charge is -2.09. The summed E-state index contributed by atoms with van der Waals surface area (Å²) in [5.74, 6) is 0. The Kier molecular flexibility index (Phi) is 4.94. The third-order valence-corrected chi connectivity index (χ3v) is 4.59. The summed E-state index contributed by atoms with van der Waals surface area (Å²) in [5.41, 5.74) is 1.22. The van der Waals surface area contributed by atoms with Crippen LogP contribution in [0.15, 0.2) is 59.5 Å². The van der Waals surface area contributed by atoms with Gasteiger partial charge in [-0.15, -0.1) is 4.89 Å². The second kappa shape index (κ2) is 7.02. The van der Waals surface area contributed by atoms with Gasteiger partial charge in [-0.3, -0.25) is 0 Å². The minimum absolute atomic E-state index is 0.274. The van der Waals surface area contributed by atoms with Crippen molar-refractivity contribution in [3.63, 3.8) is 0 Å². The van der Waals surface area contributed by atoms with Crippen molar-refractivity contribution < 1.29 is 22.6 Å². The van der Waals surface area contributed by atoms with Crippen LogP contribution < -0.4 is 4.89 Å². The zero-order valence-corrected chi connectivity index (χ0v) is 14.3. The quantitative estimate of drug-likeness (QED) is 0.675. The molecule has 0 amide bonds. The summed E-state index contributed by atoms with van der Waals surface area (Å²) in [4.78, 5) is 1.88. The van der Waals surface area contributed by atoms with E-state index in [-0.39, 0.29) is 10.6 Å². The first-order valence-corrected chi connectivity index (χ1v) is 8.61. The third-order valence-electron chi connectivity index (χ3n) is 3.73. The molecule has 0 spiro atoms. The smallest absolute Gasteiger partial charge is 0.304 e. The maximum Gasteiger partial charge on any atom is 0.435 e. The fraction of sp³-hybridized carbons (Fsp3) is 0.118. The van der Waals surface area contributed by atoms with Crippen LogP contribution in [0.25, 0.3) is 16.9 Å². The zero-order chi connectivity index (χ0) is 18.9. The Morgan fingerprint density at radius 3 is 2.23 bits per heavy atom. The zero-order valence-electron chi connectivity index (χ0n) is 13.5. The second-order valence-electron chi connectivity index (χ2n) is 5.54. The van der Waals surface area contributed by atoms with Crippen molar-refractivity contribution in [2.45, 2.75) is 18.0 Å². The van der Waals surface area contributed by atoms with E-state index in [0.717, 1.165) is 11.6 Å². The topological polar surface area (TPSA) is 67.2 Å². The number of halogens is 3. The van der Waals surface area contributed by atoms with Crippen molar-refractivity contribution in [2.75, 3.05) is 0 Å². The molecule has 1 aromatic heterocycles. The lowest BCUT2D eigenvalue weighted by molar-refractivity contribution is -0.141. The molecule has 3 aromatic rings. The van der Waals surface area contributed by atoms with Crippen LogP contribution in [0.4, 0.5) is 13.2 Å². The molecule has 2 aromatic carbocycles. The molecule has 0 aliphatic carbocycles. The van der Waals surface area contributed by atoms with Gasteiger partial charge in [-0.2, -0.15) is 18.3 Å². The van der Waals surface area contributed by atoms with E-state index in [9.17, 15) is 17.4 Å². The molecule has 26 heavy (non-hydrogen) atoms. The van der Waals surface area contributed by atoms with E-state index in [1.165, 1.54) is 28.9 Å². The summed E-state index contributed by atoms with van der Waals surface area (Å²) >= 11 is 0. The fourth-order valence-corrected chi connectivity index (χ4v) is 2.90. The fourth-order valence-electron chi connectivity index (χ4n) is 2.41. The van der Waals surface area contributed by atoms with Crippen LogP contribution in [-0.2, 0) is 17.2 Å². The van der Waals surface area contributed by atoms with E-state index < -0.39 is 22.9 Å². The highest BCUT2D eigenvalue weighted by atomic mass is 32.2. The molecule has 9 heteroatoms. The van der Waals surface area contributed by atoms with Crippen molar-refractivity contribution in [1.29, 1.82) is 0 Å². The Morgan fingerprint density at radius 1 is 1.08 bits per heavy atom. The molecule has 0 bridgehead atoms. The van der Waals surface area contributed by atoms with Gasteiger partial charge in [0.2, 0.25) is 0 Å². The van der Waals surface area contributed by atoms with E-state index in [2.05, 4.69) is 5.10 Å². The standard InChI is InChI=1S/C17H14F3N3O2S/c1-11-2-4-12(5-3-11)15-10-16(17(18,19)20)21-23(15)13-6-8-14(9-7-13)26(25)22-24/h2-10,22,24H,1H3. The second-order valence-corrected chi connectivity index (χ2v) is 6.74. The van der Waals surface area contributed by atoms with Gasteiger partial charge >= 0.3 is 6.18 Å². The first-order valence-electron chi connectivity index (χ1n) is 7.46. The van der Waals surface area contributed by atoms with Crippen LogP contribution in [0, 0.1) is 6.92 Å². The van der Waals surface area contributed by atoms with Crippen LogP contribution in [0.1, 0.15) is 11.3 Å². The first kappa shape index (κ1) is 18.3. The van der Waals surface area contributed by atoms with Gasteiger partial charge in [0, 0.05) is 5.56 Å². The van der Waals surface area contributed by atoms with E-state index in [1.807, 2.05) is 6.92 Å². The molecule has 1 atom stereocenters. The van der Waals surface area contributed by atoms with E-state index in [0.29, 0.717) is 11.3 Å². The van der Waals surface area contributed by atoms with Gasteiger partial charge in [0.1, 0.15) is 11.0 Å². The van der Waals surface area contributed by atoms with Crippen molar-refractivity contribution in [1.82, 2.24) is 14.7 Å². The number of benzene rings is 2. The number of hydrogen-bond donors (Lipinski definition) is 2. The maximum absolute atomic E-state index is 13.1. The molecule has 0 saturated heterocycles. The van der Waals surface area contributed by atoms with Crippen LogP contribution in [0.5, 0.6) is 0 Å². The maximum atomic E-state index is 13.1. The Labute approximate surface area is 149 Å². The molecule has 5 nitrogen and oxygen atoms in total. The van der Waals surface area contributed by atoms with Crippen LogP contribution in [-0.4, -0.2) is 19.2 Å². The number of aromatic nitrogens is 2. The minimum atomic E-state index is -4.58. The molecule has 1 heterocycles. The molecule has 1 unspecified atom stereocenters. The van der Waals surface area contributed by atoms with Gasteiger partial charge in [-0.25, -0.2) is 8.89 Å². The number of nitrogens with zero attached hydrogens (tertiary/aromatic N) is 2. The molecular formula is C17H14F3N3O2S. The lowest BCUT2D eigenvalue weighted by atomic mass is 10.1. The van der Waals surface area contributed by atoms with E-state index in [4.69, 9.17) is 5.21 Å². The Bertz CT molecular complexity index is 935. The molecule has 136 valence electrons. The van der Waals surface area contributed by atoms with Gasteiger partial charge in [0.05, 0.1) is 16.3 Å². The monoisotopic (exact) mass is 381 g/mol. The highest BCUT2D eigenvalue weighted by Crippen LogP contribution is 2.33. The van der Waals surface area contributed by atoms with Crippen molar-refractivity contribution in [3.8, 4) is 16.9 Å². The molecule has 2 N–H and O–H groups in total. The van der Waals surface area contributed by atoms with Crippen LogP contribution in [0.3, 0.4) is 0 Å². The van der Waals surface area contributed by atoms with Gasteiger partial charge in [-0.1, -0.05) is 29.8 Å². The van der Waals surface area contributed by atoms with Crippen molar-refractivity contribution in [2.24, 2.45) is 0 Å². The Balaban J connectivity index is 2.11. The average molecular weight is 381 g/mol. The van der Waals surface area contributed by atoms with Crippen LogP contribution >= 0.6 is 0 Å². The number of aryl methyl sites for hydroxylation is 1. The Morgan fingerprint density at radius 2 is 1.69 bits per heavy atom. The SMILES string of the molecule is Cc1ccc(-c2cc(C(F)(F)F)nn2-c2ccc(S(=O)NO)cc2)cc1. The molecule has 3 rings (SSSR count). The predicted molar refractivity (Wildman–Crippen MR) is 90.1 cm³/mol. The summed E-state index contributed by atoms with van der Waals surface area (Å²) in [6.45, 7) is 1.89. The summed E-state index contributed by atoms with van der Waals surface area (Å²) in [6.07, 6.45) is -4.58. The number of nitrogens with one attached hydrogen (secondary N) is 1. The predicted octanol–water partition coefficient (Wildman–Crippen LogP) is 3.87. The third kappa shape index (κ3) is 3.69. The summed E-state index contributed by atoms with van der Waals surface area (Å²) in [7, 11) is -1.81. The van der Waals surface area contributed by atoms with E-state index >= 15 is 0 Å². The number of rotatable bonds is 4. The summed E-state index contributed by atoms with van der Waals surface area (Å²) in [6, 6.07) is 13.9. The average Bonchev–Trinajstić information content (AvgIpc) is 3.07. The van der Waals surface area contributed by atoms with Gasteiger partial charge in [0.25, 0.3) is 0 Å². The minimum Gasteiger partial charge on any atom is -0.304 e. The number of alkyl halides is 3. The van der Waals surface area contributed by atoms with Crippen molar-refractivity contribution >= 4 is 11.0 Å². The summed E-state index contributed by atoms with van der Waals surface area (Å²) < 4.78 is 52.1.